The number of terminal acetylenes is 1. The summed E-state index contributed by atoms with van der Waals surface area (Å²) in [7, 11) is 0. The van der Waals surface area contributed by atoms with E-state index in [1.165, 1.54) is 0 Å². The number of nitrogens with zero attached hydrogens (tertiary/aromatic N) is 3. The van der Waals surface area contributed by atoms with Crippen LogP contribution in [-0.2, 0) is 14.3 Å². The van der Waals surface area contributed by atoms with Gasteiger partial charge in [-0.1, -0.05) is 19.8 Å². The Labute approximate surface area is 163 Å². The largest absolute Gasteiger partial charge is 0.461 e. The molecule has 1 aliphatic heterocycles. The molecule has 27 heavy (non-hydrogen) atoms. The highest BCUT2D eigenvalue weighted by atomic mass is 35.5. The number of ether oxygens (including phenoxy) is 2. The monoisotopic (exact) mass is 390 g/mol. The van der Waals surface area contributed by atoms with Gasteiger partial charge in [0.25, 0.3) is 0 Å². The van der Waals surface area contributed by atoms with Gasteiger partial charge in [-0.15, -0.1) is 6.42 Å². The van der Waals surface area contributed by atoms with Crippen molar-refractivity contribution in [2.75, 3.05) is 12.3 Å². The Morgan fingerprint density at radius 3 is 2.96 bits per heavy atom. The van der Waals surface area contributed by atoms with E-state index in [9.17, 15) is 4.79 Å². The Morgan fingerprint density at radius 2 is 2.30 bits per heavy atom. The molecule has 1 aliphatic rings. The number of anilines is 1. The number of carbonyl (C=O) groups is 1. The molecule has 3 heterocycles. The van der Waals surface area contributed by atoms with Crippen molar-refractivity contribution in [3.63, 3.8) is 0 Å². The van der Waals surface area contributed by atoms with E-state index in [4.69, 9.17) is 33.2 Å². The van der Waals surface area contributed by atoms with Crippen molar-refractivity contribution < 1.29 is 14.3 Å². The van der Waals surface area contributed by atoms with Gasteiger partial charge < -0.3 is 19.8 Å². The zero-order chi connectivity index (χ0) is 19.6. The van der Waals surface area contributed by atoms with E-state index in [0.717, 1.165) is 12.8 Å². The quantitative estimate of drug-likeness (QED) is 0.462. The number of esters is 1. The number of rotatable bonds is 6. The molecule has 1 saturated heterocycles. The topological polar surface area (TPSA) is 92.3 Å². The van der Waals surface area contributed by atoms with Crippen LogP contribution in [0.15, 0.2) is 12.3 Å². The zero-order valence-corrected chi connectivity index (χ0v) is 16.2. The molecule has 0 aliphatic carbocycles. The molecule has 0 spiro atoms. The van der Waals surface area contributed by atoms with Crippen LogP contribution in [0.3, 0.4) is 0 Å². The van der Waals surface area contributed by atoms with Crippen LogP contribution in [0.25, 0.3) is 11.0 Å². The molecule has 0 saturated carbocycles. The van der Waals surface area contributed by atoms with Crippen LogP contribution >= 0.6 is 11.6 Å². The first kappa shape index (κ1) is 19.5. The standard InChI is InChI=1S/C19H23ClN4O3/c1-4-12(5-2)17(25)26-11-19(6-3)9-7-14(27-19)24-10-8-13-15(21)22-18(20)23-16(13)24/h3,8,10,12,14H,4-5,7,9,11H2,1-2H3,(H2,21,22,23). The molecule has 0 radical (unpaired) electrons. The third-order valence-electron chi connectivity index (χ3n) is 5.07. The van der Waals surface area contributed by atoms with Crippen molar-refractivity contribution in [1.29, 1.82) is 0 Å². The number of halogens is 1. The van der Waals surface area contributed by atoms with E-state index >= 15 is 0 Å². The Hall–Kier alpha value is -2.30. The molecule has 2 aromatic heterocycles. The fourth-order valence-corrected chi connectivity index (χ4v) is 3.54. The lowest BCUT2D eigenvalue weighted by Gasteiger charge is -2.25. The zero-order valence-electron chi connectivity index (χ0n) is 15.4. The molecule has 2 unspecified atom stereocenters. The average molecular weight is 391 g/mol. The summed E-state index contributed by atoms with van der Waals surface area (Å²) in [6.45, 7) is 3.96. The second-order valence-electron chi connectivity index (χ2n) is 6.71. The van der Waals surface area contributed by atoms with E-state index in [2.05, 4.69) is 15.9 Å². The summed E-state index contributed by atoms with van der Waals surface area (Å²) in [5.41, 5.74) is 5.53. The summed E-state index contributed by atoms with van der Waals surface area (Å²) in [6.07, 6.45) is 9.89. The number of carbonyl (C=O) groups excluding carboxylic acids is 1. The Kier molecular flexibility index (Phi) is 5.59. The lowest BCUT2D eigenvalue weighted by molar-refractivity contribution is -0.157. The molecule has 2 N–H and O–H groups in total. The number of hydrogen-bond donors (Lipinski definition) is 1. The molecular formula is C19H23ClN4O3. The Morgan fingerprint density at radius 1 is 1.56 bits per heavy atom. The second kappa shape index (κ2) is 7.75. The van der Waals surface area contributed by atoms with Crippen molar-refractivity contribution in [3.05, 3.63) is 17.5 Å². The lowest BCUT2D eigenvalue weighted by atomic mass is 10.0. The number of fused-ring (bicyclic) bond motifs is 1. The summed E-state index contributed by atoms with van der Waals surface area (Å²) >= 11 is 5.94. The Balaban J connectivity index is 1.77. The predicted molar refractivity (Wildman–Crippen MR) is 103 cm³/mol. The van der Waals surface area contributed by atoms with E-state index in [-0.39, 0.29) is 30.0 Å². The average Bonchev–Trinajstić information content (AvgIpc) is 3.26. The molecule has 7 nitrogen and oxygen atoms in total. The molecule has 144 valence electrons. The van der Waals surface area contributed by atoms with Crippen LogP contribution < -0.4 is 5.73 Å². The molecule has 1 fully saturated rings. The van der Waals surface area contributed by atoms with E-state index in [0.29, 0.717) is 29.7 Å². The first-order chi connectivity index (χ1) is 12.9. The first-order valence-electron chi connectivity index (χ1n) is 9.04. The van der Waals surface area contributed by atoms with Gasteiger partial charge in [-0.3, -0.25) is 4.79 Å². The van der Waals surface area contributed by atoms with Gasteiger partial charge >= 0.3 is 5.97 Å². The predicted octanol–water partition coefficient (Wildman–Crippen LogP) is 3.33. The van der Waals surface area contributed by atoms with Crippen LogP contribution in [0.1, 0.15) is 45.8 Å². The van der Waals surface area contributed by atoms with E-state index in [1.807, 2.05) is 30.7 Å². The third-order valence-corrected chi connectivity index (χ3v) is 5.24. The molecule has 2 aromatic rings. The molecule has 8 heteroatoms. The van der Waals surface area contributed by atoms with Gasteiger partial charge in [0.2, 0.25) is 5.28 Å². The SMILES string of the molecule is C#CC1(COC(=O)C(CC)CC)CCC(n2ccc3c(N)nc(Cl)nc32)O1. The normalized spacial score (nSPS) is 22.3. The van der Waals surface area contributed by atoms with Crippen molar-refractivity contribution in [3.8, 4) is 12.3 Å². The summed E-state index contributed by atoms with van der Waals surface area (Å²) in [4.78, 5) is 20.4. The van der Waals surface area contributed by atoms with Gasteiger partial charge in [0.1, 0.15) is 24.3 Å². The van der Waals surface area contributed by atoms with Gasteiger partial charge in [-0.05, 0) is 43.4 Å². The van der Waals surface area contributed by atoms with Gasteiger partial charge in [-0.25, -0.2) is 4.98 Å². The lowest BCUT2D eigenvalue weighted by Crippen LogP contribution is -2.35. The molecule has 0 aromatic carbocycles. The van der Waals surface area contributed by atoms with Crippen LogP contribution in [-0.4, -0.2) is 32.7 Å². The number of nitrogens with two attached hydrogens (primary N) is 1. The van der Waals surface area contributed by atoms with Gasteiger partial charge in [0, 0.05) is 6.20 Å². The second-order valence-corrected chi connectivity index (χ2v) is 7.05. The van der Waals surface area contributed by atoms with Crippen LogP contribution in [0.4, 0.5) is 5.82 Å². The van der Waals surface area contributed by atoms with Crippen LogP contribution in [0.5, 0.6) is 0 Å². The number of nitrogen functional groups attached to an aromatic ring is 1. The smallest absolute Gasteiger partial charge is 0.309 e. The summed E-state index contributed by atoms with van der Waals surface area (Å²) in [5, 5.41) is 0.765. The molecule has 2 atom stereocenters. The maximum atomic E-state index is 12.2. The maximum absolute atomic E-state index is 12.2. The molecule has 0 amide bonds. The van der Waals surface area contributed by atoms with E-state index < -0.39 is 5.60 Å². The molecule has 3 rings (SSSR count). The summed E-state index contributed by atoms with van der Waals surface area (Å²) in [5.74, 6) is 2.63. The third kappa shape index (κ3) is 3.73. The van der Waals surface area contributed by atoms with Crippen molar-refractivity contribution in [2.24, 2.45) is 5.92 Å². The van der Waals surface area contributed by atoms with Crippen LogP contribution in [0, 0.1) is 18.3 Å². The minimum atomic E-state index is -0.953. The fourth-order valence-electron chi connectivity index (χ4n) is 3.37. The van der Waals surface area contributed by atoms with E-state index in [1.54, 1.807) is 0 Å². The van der Waals surface area contributed by atoms with Gasteiger partial charge in [-0.2, -0.15) is 4.98 Å². The van der Waals surface area contributed by atoms with Gasteiger partial charge in [0.05, 0.1) is 11.3 Å². The summed E-state index contributed by atoms with van der Waals surface area (Å²) < 4.78 is 13.4. The highest BCUT2D eigenvalue weighted by Crippen LogP contribution is 2.38. The van der Waals surface area contributed by atoms with Crippen molar-refractivity contribution in [1.82, 2.24) is 14.5 Å². The maximum Gasteiger partial charge on any atom is 0.309 e. The van der Waals surface area contributed by atoms with Gasteiger partial charge in [0.15, 0.2) is 5.60 Å². The van der Waals surface area contributed by atoms with Crippen molar-refractivity contribution >= 4 is 34.4 Å². The number of hydrogen-bond acceptors (Lipinski definition) is 6. The first-order valence-corrected chi connectivity index (χ1v) is 9.42. The minimum Gasteiger partial charge on any atom is -0.461 e. The molecule has 0 bridgehead atoms. The highest BCUT2D eigenvalue weighted by molar-refractivity contribution is 6.28. The van der Waals surface area contributed by atoms with Crippen LogP contribution in [0.2, 0.25) is 5.28 Å². The summed E-state index contributed by atoms with van der Waals surface area (Å²) in [6, 6.07) is 1.81. The molecular weight excluding hydrogens is 368 g/mol. The number of aromatic nitrogens is 3. The van der Waals surface area contributed by atoms with Crippen molar-refractivity contribution in [2.45, 2.75) is 51.4 Å². The minimum absolute atomic E-state index is 0.0341. The Bertz CT molecular complexity index is 887. The highest BCUT2D eigenvalue weighted by Gasteiger charge is 2.41. The fraction of sp³-hybridized carbons (Fsp3) is 0.526.